The van der Waals surface area contributed by atoms with Crippen molar-refractivity contribution in [2.75, 3.05) is 5.32 Å². The van der Waals surface area contributed by atoms with E-state index >= 15 is 0 Å². The number of benzene rings is 1. The molecule has 0 bridgehead atoms. The number of aliphatic hydroxyl groups is 1. The average molecular weight is 448 g/mol. The highest BCUT2D eigenvalue weighted by Gasteiger charge is 2.33. The number of hydrogen-bond acceptors (Lipinski definition) is 5. The summed E-state index contributed by atoms with van der Waals surface area (Å²) in [6, 6.07) is 5.72. The summed E-state index contributed by atoms with van der Waals surface area (Å²) in [5.41, 5.74) is -1.04. The maximum absolute atomic E-state index is 13.2. The summed E-state index contributed by atoms with van der Waals surface area (Å²) in [5.74, 6) is 0.320. The van der Waals surface area contributed by atoms with Crippen molar-refractivity contribution in [1.29, 1.82) is 0 Å². The summed E-state index contributed by atoms with van der Waals surface area (Å²) < 4.78 is 41.1. The maximum atomic E-state index is 13.2. The van der Waals surface area contributed by atoms with Crippen LogP contribution in [0.3, 0.4) is 0 Å². The Morgan fingerprint density at radius 3 is 2.53 bits per heavy atom. The lowest BCUT2D eigenvalue weighted by atomic mass is 9.90. The summed E-state index contributed by atoms with van der Waals surface area (Å²) in [6.07, 6.45) is -1.58. The number of hydrogen-bond donors (Lipinski definition) is 2. The molecule has 9 heteroatoms. The fourth-order valence-electron chi connectivity index (χ4n) is 4.05. The van der Waals surface area contributed by atoms with Crippen molar-refractivity contribution in [1.82, 2.24) is 14.5 Å². The lowest BCUT2D eigenvalue weighted by Crippen LogP contribution is -2.33. The second-order valence-electron chi connectivity index (χ2n) is 7.95. The van der Waals surface area contributed by atoms with Gasteiger partial charge in [0.1, 0.15) is 23.3 Å². The Kier molecular flexibility index (Phi) is 6.59. The number of fused-ring (bicyclic) bond motifs is 1. The Hall–Kier alpha value is -2.94. The largest absolute Gasteiger partial charge is 0.416 e. The Balaban J connectivity index is 2.07. The fraction of sp³-hybridized carbons (Fsp3) is 0.435. The maximum Gasteiger partial charge on any atom is 0.416 e. The Bertz CT molecular complexity index is 1190. The van der Waals surface area contributed by atoms with Crippen LogP contribution in [0.4, 0.5) is 19.0 Å². The highest BCUT2D eigenvalue weighted by molar-refractivity contribution is 5.88. The molecule has 0 fully saturated rings. The first-order valence-electron chi connectivity index (χ1n) is 10.5. The molecule has 1 unspecified atom stereocenters. The van der Waals surface area contributed by atoms with E-state index in [0.29, 0.717) is 35.3 Å². The van der Waals surface area contributed by atoms with Gasteiger partial charge < -0.3 is 15.0 Å². The van der Waals surface area contributed by atoms with Crippen LogP contribution in [0.1, 0.15) is 55.5 Å². The average Bonchev–Trinajstić information content (AvgIpc) is 2.74. The molecule has 0 amide bonds. The lowest BCUT2D eigenvalue weighted by molar-refractivity contribution is -0.138. The first kappa shape index (κ1) is 23.7. The van der Waals surface area contributed by atoms with Gasteiger partial charge >= 0.3 is 6.18 Å². The summed E-state index contributed by atoms with van der Waals surface area (Å²) in [7, 11) is 1.59. The van der Waals surface area contributed by atoms with Gasteiger partial charge in [-0.15, -0.1) is 0 Å². The van der Waals surface area contributed by atoms with Crippen molar-refractivity contribution in [3.05, 3.63) is 63.3 Å². The van der Waals surface area contributed by atoms with Crippen LogP contribution in [-0.2, 0) is 25.4 Å². The number of nitrogens with one attached hydrogen (secondary N) is 1. The van der Waals surface area contributed by atoms with Gasteiger partial charge in [-0.2, -0.15) is 13.2 Å². The molecule has 0 aliphatic carbocycles. The Morgan fingerprint density at radius 1 is 1.19 bits per heavy atom. The zero-order chi connectivity index (χ0) is 23.7. The fourth-order valence-corrected chi connectivity index (χ4v) is 4.05. The van der Waals surface area contributed by atoms with Gasteiger partial charge in [0, 0.05) is 13.6 Å². The predicted molar refractivity (Wildman–Crippen MR) is 117 cm³/mol. The number of rotatable bonds is 7. The minimum atomic E-state index is -4.44. The molecule has 3 rings (SSSR count). The topological polar surface area (TPSA) is 80.0 Å². The van der Waals surface area contributed by atoms with E-state index < -0.39 is 17.3 Å². The SMILES string of the molecule is CCCC(O)(CC)c1cc2c(NCc3cccc(C(F)(F)F)c3C)ncnc2c(=O)n1C. The van der Waals surface area contributed by atoms with Crippen LogP contribution in [0.5, 0.6) is 0 Å². The second-order valence-corrected chi connectivity index (χ2v) is 7.95. The van der Waals surface area contributed by atoms with Gasteiger partial charge in [-0.3, -0.25) is 4.79 Å². The number of halogens is 3. The molecule has 0 saturated carbocycles. The molecule has 2 heterocycles. The van der Waals surface area contributed by atoms with Crippen molar-refractivity contribution in [2.24, 2.45) is 7.05 Å². The van der Waals surface area contributed by atoms with E-state index in [1.165, 1.54) is 23.9 Å². The molecule has 1 aromatic carbocycles. The van der Waals surface area contributed by atoms with Crippen LogP contribution in [0.25, 0.3) is 10.9 Å². The predicted octanol–water partition coefficient (Wildman–Crippen LogP) is 4.67. The number of pyridine rings is 1. The van der Waals surface area contributed by atoms with Crippen LogP contribution >= 0.6 is 0 Å². The first-order chi connectivity index (χ1) is 15.0. The van der Waals surface area contributed by atoms with Gasteiger partial charge in [-0.25, -0.2) is 9.97 Å². The molecule has 6 nitrogen and oxygen atoms in total. The molecule has 3 aromatic rings. The molecular formula is C23H27F3N4O2. The Morgan fingerprint density at radius 2 is 1.91 bits per heavy atom. The lowest BCUT2D eigenvalue weighted by Gasteiger charge is -2.29. The van der Waals surface area contributed by atoms with E-state index in [1.54, 1.807) is 19.2 Å². The molecule has 2 aromatic heterocycles. The van der Waals surface area contributed by atoms with Gasteiger partial charge in [0.15, 0.2) is 0 Å². The van der Waals surface area contributed by atoms with Gasteiger partial charge in [-0.1, -0.05) is 32.4 Å². The third-order valence-corrected chi connectivity index (χ3v) is 5.96. The molecule has 0 aliphatic heterocycles. The number of anilines is 1. The van der Waals surface area contributed by atoms with E-state index in [0.717, 1.165) is 12.5 Å². The molecule has 0 radical (unpaired) electrons. The second kappa shape index (κ2) is 8.90. The molecule has 0 spiro atoms. The zero-order valence-electron chi connectivity index (χ0n) is 18.5. The minimum absolute atomic E-state index is 0.0828. The minimum Gasteiger partial charge on any atom is -0.384 e. The molecule has 1 atom stereocenters. The molecule has 0 saturated heterocycles. The van der Waals surface area contributed by atoms with Crippen LogP contribution in [-0.4, -0.2) is 19.6 Å². The van der Waals surface area contributed by atoms with Crippen LogP contribution in [0.15, 0.2) is 35.4 Å². The summed E-state index contributed by atoms with van der Waals surface area (Å²) >= 11 is 0. The summed E-state index contributed by atoms with van der Waals surface area (Å²) in [6.45, 7) is 5.31. The highest BCUT2D eigenvalue weighted by atomic mass is 19.4. The zero-order valence-corrected chi connectivity index (χ0v) is 18.5. The van der Waals surface area contributed by atoms with Gasteiger partial charge in [0.25, 0.3) is 5.56 Å². The van der Waals surface area contributed by atoms with E-state index in [9.17, 15) is 23.1 Å². The third-order valence-electron chi connectivity index (χ3n) is 5.96. The normalized spacial score (nSPS) is 13.9. The quantitative estimate of drug-likeness (QED) is 0.549. The van der Waals surface area contributed by atoms with Crippen LogP contribution in [0, 0.1) is 6.92 Å². The van der Waals surface area contributed by atoms with E-state index in [2.05, 4.69) is 15.3 Å². The van der Waals surface area contributed by atoms with Crippen molar-refractivity contribution in [3.8, 4) is 0 Å². The third kappa shape index (κ3) is 4.34. The first-order valence-corrected chi connectivity index (χ1v) is 10.5. The molecule has 172 valence electrons. The van der Waals surface area contributed by atoms with Crippen molar-refractivity contribution >= 4 is 16.7 Å². The van der Waals surface area contributed by atoms with E-state index in [1.807, 2.05) is 13.8 Å². The highest BCUT2D eigenvalue weighted by Crippen LogP contribution is 2.34. The molecule has 0 aliphatic rings. The number of nitrogens with zero attached hydrogens (tertiary/aromatic N) is 3. The molecular weight excluding hydrogens is 421 g/mol. The summed E-state index contributed by atoms with van der Waals surface area (Å²) in [4.78, 5) is 21.3. The monoisotopic (exact) mass is 448 g/mol. The van der Waals surface area contributed by atoms with E-state index in [-0.39, 0.29) is 23.2 Å². The van der Waals surface area contributed by atoms with E-state index in [4.69, 9.17) is 0 Å². The Labute approximate surface area is 184 Å². The van der Waals surface area contributed by atoms with Crippen molar-refractivity contribution < 1.29 is 18.3 Å². The standard InChI is InChI=1S/C23H27F3N4O2/c1-5-10-22(32,6-2)18-11-16-19(21(31)30(18)4)28-13-29-20(16)27-12-15-8-7-9-17(14(15)3)23(24,25)26/h7-9,11,13,32H,5-6,10,12H2,1-4H3,(H,27,28,29). The van der Waals surface area contributed by atoms with Gasteiger partial charge in [0.2, 0.25) is 0 Å². The summed E-state index contributed by atoms with van der Waals surface area (Å²) in [5, 5.41) is 14.6. The van der Waals surface area contributed by atoms with Crippen molar-refractivity contribution in [2.45, 2.75) is 58.4 Å². The number of aromatic nitrogens is 3. The van der Waals surface area contributed by atoms with Gasteiger partial charge in [0.05, 0.1) is 16.6 Å². The van der Waals surface area contributed by atoms with Crippen molar-refractivity contribution in [3.63, 3.8) is 0 Å². The molecule has 2 N–H and O–H groups in total. The van der Waals surface area contributed by atoms with Crippen LogP contribution in [0.2, 0.25) is 0 Å². The molecule has 32 heavy (non-hydrogen) atoms. The number of alkyl halides is 3. The van der Waals surface area contributed by atoms with Crippen LogP contribution < -0.4 is 10.9 Å². The smallest absolute Gasteiger partial charge is 0.384 e. The van der Waals surface area contributed by atoms with Gasteiger partial charge in [-0.05, 0) is 43.0 Å².